The van der Waals surface area contributed by atoms with Crippen LogP contribution in [0.4, 0.5) is 22.0 Å². The van der Waals surface area contributed by atoms with Gasteiger partial charge in [0.1, 0.15) is 5.92 Å². The van der Waals surface area contributed by atoms with Gasteiger partial charge in [0.05, 0.1) is 23.3 Å². The van der Waals surface area contributed by atoms with Crippen LogP contribution in [0.3, 0.4) is 0 Å². The normalized spacial score (nSPS) is 17.3. The number of nitrogens with one attached hydrogen (secondary N) is 1. The van der Waals surface area contributed by atoms with E-state index >= 15 is 0 Å². The van der Waals surface area contributed by atoms with Gasteiger partial charge in [0.15, 0.2) is 23.3 Å². The average Bonchev–Trinajstić information content (AvgIpc) is 2.57. The van der Waals surface area contributed by atoms with Gasteiger partial charge in [-0.25, -0.2) is 26.7 Å². The van der Waals surface area contributed by atoms with Gasteiger partial charge in [-0.2, -0.15) is 0 Å². The SMILES string of the molecule is COC(=O)C1=C(C)NC(C)=C([N+](=O)[O-])C1c1c(F)c(F)c(F)c(F)c1F. The highest BCUT2D eigenvalue weighted by Gasteiger charge is 2.45. The van der Waals surface area contributed by atoms with Crippen molar-refractivity contribution in [1.29, 1.82) is 0 Å². The largest absolute Gasteiger partial charge is 0.466 e. The second-order valence-corrected chi connectivity index (χ2v) is 5.34. The molecular formula is C15H11F5N2O4. The molecule has 0 saturated carbocycles. The van der Waals surface area contributed by atoms with Gasteiger partial charge in [0.25, 0.3) is 5.70 Å². The van der Waals surface area contributed by atoms with Gasteiger partial charge in [0.2, 0.25) is 5.82 Å². The number of carbonyl (C=O) groups is 1. The Balaban J connectivity index is 2.95. The van der Waals surface area contributed by atoms with Crippen LogP contribution in [0.5, 0.6) is 0 Å². The minimum Gasteiger partial charge on any atom is -0.466 e. The average molecular weight is 378 g/mol. The van der Waals surface area contributed by atoms with Crippen molar-refractivity contribution in [2.24, 2.45) is 0 Å². The maximum atomic E-state index is 14.3. The zero-order chi connectivity index (χ0) is 19.9. The van der Waals surface area contributed by atoms with Crippen LogP contribution in [-0.4, -0.2) is 18.0 Å². The van der Waals surface area contributed by atoms with Crippen LogP contribution >= 0.6 is 0 Å². The second kappa shape index (κ2) is 6.73. The molecule has 0 amide bonds. The Morgan fingerprint density at radius 1 is 1.00 bits per heavy atom. The summed E-state index contributed by atoms with van der Waals surface area (Å²) in [6.45, 7) is 2.40. The summed E-state index contributed by atoms with van der Waals surface area (Å²) < 4.78 is 73.5. The summed E-state index contributed by atoms with van der Waals surface area (Å²) in [6, 6.07) is 0. The molecule has 1 N–H and O–H groups in total. The number of nitro groups is 1. The Kier molecular flexibility index (Phi) is 5.01. The molecule has 1 aromatic rings. The van der Waals surface area contributed by atoms with E-state index in [9.17, 15) is 36.9 Å². The second-order valence-electron chi connectivity index (χ2n) is 5.34. The van der Waals surface area contributed by atoms with Crippen LogP contribution in [-0.2, 0) is 9.53 Å². The number of dihydropyridines is 1. The monoisotopic (exact) mass is 378 g/mol. The van der Waals surface area contributed by atoms with E-state index in [1.807, 2.05) is 0 Å². The Hall–Kier alpha value is -2.98. The van der Waals surface area contributed by atoms with Crippen molar-refractivity contribution in [2.75, 3.05) is 7.11 Å². The minimum absolute atomic E-state index is 0.0890. The van der Waals surface area contributed by atoms with Crippen LogP contribution in [0.25, 0.3) is 0 Å². The Labute approximate surface area is 143 Å². The standard InChI is InChI=1S/C15H11F5N2O4/c1-4-6(15(23)26-3)7(14(22(24)25)5(2)21-4)8-9(16)11(18)13(20)12(19)10(8)17/h7,21H,1-3H3. The van der Waals surface area contributed by atoms with Crippen molar-refractivity contribution in [3.8, 4) is 0 Å². The first-order chi connectivity index (χ1) is 12.0. The summed E-state index contributed by atoms with van der Waals surface area (Å²) in [5.41, 5.74) is -3.41. The molecule has 1 atom stereocenters. The molecule has 1 heterocycles. The number of halogens is 5. The highest BCUT2D eigenvalue weighted by molar-refractivity contribution is 5.92. The molecule has 0 bridgehead atoms. The number of benzene rings is 1. The molecule has 0 aromatic heterocycles. The molecule has 140 valence electrons. The molecule has 0 saturated heterocycles. The van der Waals surface area contributed by atoms with Gasteiger partial charge >= 0.3 is 5.97 Å². The molecule has 6 nitrogen and oxygen atoms in total. The number of esters is 1. The topological polar surface area (TPSA) is 81.5 Å². The number of hydrogen-bond acceptors (Lipinski definition) is 5. The van der Waals surface area contributed by atoms with E-state index in [4.69, 9.17) is 0 Å². The molecule has 11 heteroatoms. The van der Waals surface area contributed by atoms with Gasteiger partial charge in [-0.15, -0.1) is 0 Å². The van der Waals surface area contributed by atoms with E-state index in [1.165, 1.54) is 6.92 Å². The fourth-order valence-electron chi connectivity index (χ4n) is 2.76. The van der Waals surface area contributed by atoms with Gasteiger partial charge in [-0.1, -0.05) is 0 Å². The lowest BCUT2D eigenvalue weighted by molar-refractivity contribution is -0.431. The van der Waals surface area contributed by atoms with Gasteiger partial charge in [-0.05, 0) is 13.8 Å². The van der Waals surface area contributed by atoms with E-state index in [1.54, 1.807) is 0 Å². The summed E-state index contributed by atoms with van der Waals surface area (Å²) in [4.78, 5) is 22.4. The number of hydrogen-bond donors (Lipinski definition) is 1. The molecule has 0 spiro atoms. The number of nitrogens with zero attached hydrogens (tertiary/aromatic N) is 1. The maximum absolute atomic E-state index is 14.3. The third-order valence-electron chi connectivity index (χ3n) is 3.86. The molecule has 0 aliphatic carbocycles. The smallest absolute Gasteiger partial charge is 0.336 e. The molecule has 26 heavy (non-hydrogen) atoms. The predicted molar refractivity (Wildman–Crippen MR) is 76.5 cm³/mol. The summed E-state index contributed by atoms with van der Waals surface area (Å²) in [6.07, 6.45) is 0. The molecule has 1 aromatic carbocycles. The highest BCUT2D eigenvalue weighted by Crippen LogP contribution is 2.42. The lowest BCUT2D eigenvalue weighted by Gasteiger charge is -2.26. The molecule has 1 aliphatic heterocycles. The summed E-state index contributed by atoms with van der Waals surface area (Å²) in [5, 5.41) is 13.9. The van der Waals surface area contributed by atoms with Crippen LogP contribution in [0, 0.1) is 39.2 Å². The first-order valence-corrected chi connectivity index (χ1v) is 6.97. The van der Waals surface area contributed by atoms with Gasteiger partial charge in [0, 0.05) is 11.3 Å². The molecule has 1 unspecified atom stereocenters. The van der Waals surface area contributed by atoms with Crippen molar-refractivity contribution >= 4 is 5.97 Å². The zero-order valence-electron chi connectivity index (χ0n) is 13.5. The zero-order valence-corrected chi connectivity index (χ0v) is 13.5. The molecular weight excluding hydrogens is 367 g/mol. The minimum atomic E-state index is -2.42. The fraction of sp³-hybridized carbons (Fsp3) is 0.267. The molecule has 2 rings (SSSR count). The van der Waals surface area contributed by atoms with Crippen LogP contribution in [0.15, 0.2) is 22.7 Å². The van der Waals surface area contributed by atoms with Crippen molar-refractivity contribution < 1.29 is 36.4 Å². The summed E-state index contributed by atoms with van der Waals surface area (Å²) in [7, 11) is 0.898. The molecule has 1 aliphatic rings. The third kappa shape index (κ3) is 2.78. The number of rotatable bonds is 3. The Bertz CT molecular complexity index is 866. The van der Waals surface area contributed by atoms with Gasteiger partial charge < -0.3 is 10.1 Å². The van der Waals surface area contributed by atoms with Crippen LogP contribution in [0.2, 0.25) is 0 Å². The highest BCUT2D eigenvalue weighted by atomic mass is 19.2. The molecule has 0 fully saturated rings. The van der Waals surface area contributed by atoms with Gasteiger partial charge in [-0.3, -0.25) is 10.1 Å². The van der Waals surface area contributed by atoms with E-state index < -0.39 is 62.7 Å². The van der Waals surface area contributed by atoms with E-state index in [2.05, 4.69) is 10.1 Å². The van der Waals surface area contributed by atoms with Crippen molar-refractivity contribution in [2.45, 2.75) is 19.8 Å². The predicted octanol–water partition coefficient (Wildman–Crippen LogP) is 3.02. The van der Waals surface area contributed by atoms with Crippen molar-refractivity contribution in [3.63, 3.8) is 0 Å². The van der Waals surface area contributed by atoms with Crippen LogP contribution < -0.4 is 5.32 Å². The first kappa shape index (κ1) is 19.3. The summed E-state index contributed by atoms with van der Waals surface area (Å²) in [5.74, 6) is -14.9. The van der Waals surface area contributed by atoms with E-state index in [0.717, 1.165) is 14.0 Å². The fourth-order valence-corrected chi connectivity index (χ4v) is 2.76. The number of carbonyl (C=O) groups excluding carboxylic acids is 1. The maximum Gasteiger partial charge on any atom is 0.336 e. The quantitative estimate of drug-likeness (QED) is 0.218. The lowest BCUT2D eigenvalue weighted by Crippen LogP contribution is -2.32. The number of methoxy groups -OCH3 is 1. The first-order valence-electron chi connectivity index (χ1n) is 6.97. The van der Waals surface area contributed by atoms with E-state index in [0.29, 0.717) is 0 Å². The number of ether oxygens (including phenoxy) is 1. The third-order valence-corrected chi connectivity index (χ3v) is 3.86. The lowest BCUT2D eigenvalue weighted by atomic mass is 9.83. The van der Waals surface area contributed by atoms with Crippen molar-refractivity contribution in [1.82, 2.24) is 5.32 Å². The number of allylic oxidation sites excluding steroid dienone is 3. The molecule has 0 radical (unpaired) electrons. The van der Waals surface area contributed by atoms with Crippen LogP contribution in [0.1, 0.15) is 25.3 Å². The summed E-state index contributed by atoms with van der Waals surface area (Å²) >= 11 is 0. The Morgan fingerprint density at radius 3 is 1.88 bits per heavy atom. The van der Waals surface area contributed by atoms with Crippen molar-refractivity contribution in [3.05, 3.63) is 67.4 Å². The van der Waals surface area contributed by atoms with E-state index in [-0.39, 0.29) is 11.4 Å². The Morgan fingerprint density at radius 2 is 1.46 bits per heavy atom.